The normalized spacial score (nSPS) is 11.9. The van der Waals surface area contributed by atoms with Crippen molar-refractivity contribution in [3.8, 4) is 0 Å². The molecule has 0 fully saturated rings. The summed E-state index contributed by atoms with van der Waals surface area (Å²) in [5.74, 6) is -0.167. The van der Waals surface area contributed by atoms with E-state index in [0.717, 1.165) is 5.56 Å². The van der Waals surface area contributed by atoms with Gasteiger partial charge >= 0.3 is 0 Å². The van der Waals surface area contributed by atoms with Gasteiger partial charge in [-0.25, -0.2) is 5.48 Å². The van der Waals surface area contributed by atoms with E-state index in [2.05, 4.69) is 15.2 Å². The molecule has 0 atom stereocenters. The van der Waals surface area contributed by atoms with Crippen LogP contribution in [0.5, 0.6) is 0 Å². The number of pyridine rings is 1. The van der Waals surface area contributed by atoms with Gasteiger partial charge in [-0.15, -0.1) is 5.10 Å². The maximum Gasteiger partial charge on any atom is 0.237 e. The third kappa shape index (κ3) is 3.30. The third-order valence-corrected chi connectivity index (χ3v) is 1.17. The summed E-state index contributed by atoms with van der Waals surface area (Å²) in [4.78, 5) is 3.87. The van der Waals surface area contributed by atoms with E-state index in [0.29, 0.717) is 0 Å². The van der Waals surface area contributed by atoms with Crippen molar-refractivity contribution in [1.29, 1.82) is 0 Å². The summed E-state index contributed by atoms with van der Waals surface area (Å²) in [5, 5.41) is 15.2. The standard InChI is InChI=1S/C7H9N5O/c8-7(12-13)11-10-5-6-2-1-3-9-4-6/h1-5,13H,(H3,8,11,12)/b10-5+. The Labute approximate surface area is 74.8 Å². The quantitative estimate of drug-likeness (QED) is 0.330. The van der Waals surface area contributed by atoms with E-state index >= 15 is 0 Å². The van der Waals surface area contributed by atoms with Crippen molar-refractivity contribution in [3.05, 3.63) is 30.1 Å². The number of hydroxylamine groups is 1. The lowest BCUT2D eigenvalue weighted by atomic mass is 10.3. The molecule has 0 amide bonds. The van der Waals surface area contributed by atoms with Crippen molar-refractivity contribution >= 4 is 12.2 Å². The summed E-state index contributed by atoms with van der Waals surface area (Å²) in [6.07, 6.45) is 4.75. The van der Waals surface area contributed by atoms with Gasteiger partial charge in [0.05, 0.1) is 6.21 Å². The summed E-state index contributed by atoms with van der Waals surface area (Å²) in [6, 6.07) is 3.59. The molecule has 0 bridgehead atoms. The number of nitrogens with one attached hydrogen (secondary N) is 1. The monoisotopic (exact) mass is 179 g/mol. The molecule has 68 valence electrons. The highest BCUT2D eigenvalue weighted by molar-refractivity contribution is 5.81. The van der Waals surface area contributed by atoms with Crippen molar-refractivity contribution in [1.82, 2.24) is 10.5 Å². The third-order valence-electron chi connectivity index (χ3n) is 1.17. The number of nitrogens with two attached hydrogens (primary N) is 1. The Hall–Kier alpha value is -1.95. The van der Waals surface area contributed by atoms with E-state index in [9.17, 15) is 0 Å². The van der Waals surface area contributed by atoms with Gasteiger partial charge in [-0.05, 0) is 6.07 Å². The molecule has 4 N–H and O–H groups in total. The number of nitrogens with zero attached hydrogens (tertiary/aromatic N) is 3. The maximum absolute atomic E-state index is 8.24. The minimum Gasteiger partial charge on any atom is -0.367 e. The summed E-state index contributed by atoms with van der Waals surface area (Å²) < 4.78 is 0. The Morgan fingerprint density at radius 2 is 2.54 bits per heavy atom. The van der Waals surface area contributed by atoms with Crippen LogP contribution in [-0.2, 0) is 0 Å². The number of hydrogen-bond acceptors (Lipinski definition) is 4. The van der Waals surface area contributed by atoms with Crippen LogP contribution in [-0.4, -0.2) is 22.4 Å². The predicted octanol–water partition coefficient (Wildman–Crippen LogP) is -0.291. The lowest BCUT2D eigenvalue weighted by molar-refractivity contribution is 0.232. The number of aromatic nitrogens is 1. The largest absolute Gasteiger partial charge is 0.367 e. The minimum absolute atomic E-state index is 0.167. The van der Waals surface area contributed by atoms with Crippen LogP contribution in [0.25, 0.3) is 0 Å². The molecular weight excluding hydrogens is 170 g/mol. The van der Waals surface area contributed by atoms with Gasteiger partial charge in [-0.3, -0.25) is 10.2 Å². The Bertz CT molecular complexity index is 308. The van der Waals surface area contributed by atoms with Crippen molar-refractivity contribution in [2.75, 3.05) is 0 Å². The number of rotatable bonds is 2. The molecule has 6 heteroatoms. The summed E-state index contributed by atoms with van der Waals surface area (Å²) >= 11 is 0. The van der Waals surface area contributed by atoms with E-state index in [1.54, 1.807) is 23.9 Å². The van der Waals surface area contributed by atoms with Gasteiger partial charge < -0.3 is 5.73 Å². The molecule has 0 saturated heterocycles. The van der Waals surface area contributed by atoms with Crippen molar-refractivity contribution in [2.45, 2.75) is 0 Å². The lowest BCUT2D eigenvalue weighted by Gasteiger charge is -1.91. The van der Waals surface area contributed by atoms with E-state index in [1.165, 1.54) is 6.21 Å². The van der Waals surface area contributed by atoms with Gasteiger partial charge in [-0.2, -0.15) is 5.10 Å². The first-order chi connectivity index (χ1) is 6.33. The van der Waals surface area contributed by atoms with Crippen molar-refractivity contribution < 1.29 is 5.21 Å². The molecule has 6 nitrogen and oxygen atoms in total. The zero-order valence-electron chi connectivity index (χ0n) is 6.75. The van der Waals surface area contributed by atoms with Gasteiger partial charge in [0.15, 0.2) is 0 Å². The molecule has 0 unspecified atom stereocenters. The Morgan fingerprint density at radius 1 is 1.69 bits per heavy atom. The topological polar surface area (TPSA) is 95.9 Å². The maximum atomic E-state index is 8.24. The average molecular weight is 179 g/mol. The van der Waals surface area contributed by atoms with Crippen LogP contribution >= 0.6 is 0 Å². The van der Waals surface area contributed by atoms with Crippen LogP contribution in [0.1, 0.15) is 5.56 Å². The zero-order valence-corrected chi connectivity index (χ0v) is 6.75. The summed E-state index contributed by atoms with van der Waals surface area (Å²) in [6.45, 7) is 0. The molecule has 1 rings (SSSR count). The van der Waals surface area contributed by atoms with Crippen LogP contribution in [0.15, 0.2) is 34.7 Å². The molecule has 0 radical (unpaired) electrons. The smallest absolute Gasteiger partial charge is 0.237 e. The molecule has 1 heterocycles. The average Bonchev–Trinajstić information content (AvgIpc) is 2.19. The summed E-state index contributed by atoms with van der Waals surface area (Å²) in [7, 11) is 0. The second kappa shape index (κ2) is 4.83. The molecule has 0 aliphatic heterocycles. The fraction of sp³-hybridized carbons (Fsp3) is 0. The van der Waals surface area contributed by atoms with Gasteiger partial charge in [0, 0.05) is 18.0 Å². The predicted molar refractivity (Wildman–Crippen MR) is 48.4 cm³/mol. The molecule has 0 saturated carbocycles. The summed E-state index contributed by atoms with van der Waals surface area (Å²) in [5.41, 5.74) is 7.55. The molecule has 13 heavy (non-hydrogen) atoms. The first-order valence-electron chi connectivity index (χ1n) is 3.49. The van der Waals surface area contributed by atoms with Crippen LogP contribution in [0.4, 0.5) is 0 Å². The Morgan fingerprint density at radius 3 is 3.15 bits per heavy atom. The molecule has 0 aliphatic carbocycles. The molecular formula is C7H9N5O. The lowest BCUT2D eigenvalue weighted by Crippen LogP contribution is -2.27. The van der Waals surface area contributed by atoms with E-state index < -0.39 is 0 Å². The fourth-order valence-corrected chi connectivity index (χ4v) is 0.632. The molecule has 0 spiro atoms. The highest BCUT2D eigenvalue weighted by Crippen LogP contribution is 1.90. The molecule has 0 aromatic carbocycles. The van der Waals surface area contributed by atoms with E-state index in [-0.39, 0.29) is 5.96 Å². The highest BCUT2D eigenvalue weighted by atomic mass is 16.5. The van der Waals surface area contributed by atoms with Gasteiger partial charge in [0.25, 0.3) is 0 Å². The Balaban J connectivity index is 2.60. The highest BCUT2D eigenvalue weighted by Gasteiger charge is 1.84. The van der Waals surface area contributed by atoms with Crippen LogP contribution in [0, 0.1) is 0 Å². The van der Waals surface area contributed by atoms with E-state index in [4.69, 9.17) is 10.9 Å². The number of hydrogen-bond donors (Lipinski definition) is 3. The zero-order chi connectivity index (χ0) is 9.52. The van der Waals surface area contributed by atoms with Gasteiger partial charge in [0.2, 0.25) is 5.96 Å². The molecule has 0 aliphatic rings. The number of guanidine groups is 1. The van der Waals surface area contributed by atoms with Crippen LogP contribution < -0.4 is 11.2 Å². The van der Waals surface area contributed by atoms with Crippen molar-refractivity contribution in [2.24, 2.45) is 15.9 Å². The molecule has 1 aromatic heterocycles. The first kappa shape index (κ1) is 9.14. The first-order valence-corrected chi connectivity index (χ1v) is 3.49. The second-order valence-electron chi connectivity index (χ2n) is 2.13. The Kier molecular flexibility index (Phi) is 3.40. The SMILES string of the molecule is NC(=N/N=C/c1cccnc1)NO. The van der Waals surface area contributed by atoms with Crippen LogP contribution in [0.3, 0.4) is 0 Å². The fourth-order valence-electron chi connectivity index (χ4n) is 0.632. The van der Waals surface area contributed by atoms with Gasteiger partial charge in [0.1, 0.15) is 0 Å². The van der Waals surface area contributed by atoms with Crippen LogP contribution in [0.2, 0.25) is 0 Å². The minimum atomic E-state index is -0.167. The second-order valence-corrected chi connectivity index (χ2v) is 2.13. The van der Waals surface area contributed by atoms with Gasteiger partial charge in [-0.1, -0.05) is 6.07 Å². The van der Waals surface area contributed by atoms with E-state index in [1.807, 2.05) is 6.07 Å². The molecule has 1 aromatic rings. The van der Waals surface area contributed by atoms with Crippen molar-refractivity contribution in [3.63, 3.8) is 0 Å².